The SMILES string of the molecule is CCCNC(=O)COC(=O)c1ccc(C)c(S(=O)(=O)N(CC)CC)c1. The van der Waals surface area contributed by atoms with Crippen LogP contribution < -0.4 is 5.32 Å². The summed E-state index contributed by atoms with van der Waals surface area (Å²) in [5, 5.41) is 2.60. The summed E-state index contributed by atoms with van der Waals surface area (Å²) in [4.78, 5) is 23.7. The van der Waals surface area contributed by atoms with Crippen molar-refractivity contribution in [3.05, 3.63) is 29.3 Å². The topological polar surface area (TPSA) is 92.8 Å². The predicted octanol–water partition coefficient (Wildman–Crippen LogP) is 1.71. The van der Waals surface area contributed by atoms with Crippen molar-refractivity contribution in [2.45, 2.75) is 39.0 Å². The lowest BCUT2D eigenvalue weighted by Crippen LogP contribution is -2.31. The Kier molecular flexibility index (Phi) is 8.05. The van der Waals surface area contributed by atoms with Crippen LogP contribution in [0, 0.1) is 6.92 Å². The van der Waals surface area contributed by atoms with E-state index in [-0.39, 0.29) is 10.5 Å². The lowest BCUT2D eigenvalue weighted by molar-refractivity contribution is -0.124. The summed E-state index contributed by atoms with van der Waals surface area (Å²) in [6.45, 7) is 7.88. The van der Waals surface area contributed by atoms with Crippen molar-refractivity contribution >= 4 is 21.9 Å². The van der Waals surface area contributed by atoms with Gasteiger partial charge < -0.3 is 10.1 Å². The molecule has 0 atom stereocenters. The standard InChI is InChI=1S/C17H26N2O5S/c1-5-10-18-16(20)12-24-17(21)14-9-8-13(4)15(11-14)25(22,23)19(6-2)7-3/h8-9,11H,5-7,10,12H2,1-4H3,(H,18,20). The summed E-state index contributed by atoms with van der Waals surface area (Å²) in [7, 11) is -3.68. The van der Waals surface area contributed by atoms with Gasteiger partial charge in [0.2, 0.25) is 10.0 Å². The van der Waals surface area contributed by atoms with Gasteiger partial charge in [-0.15, -0.1) is 0 Å². The molecule has 0 heterocycles. The molecule has 0 fully saturated rings. The Hall–Kier alpha value is -1.93. The van der Waals surface area contributed by atoms with Crippen LogP contribution in [0.1, 0.15) is 43.1 Å². The number of aryl methyl sites for hydroxylation is 1. The van der Waals surface area contributed by atoms with E-state index >= 15 is 0 Å². The molecule has 0 aliphatic carbocycles. The Morgan fingerprint density at radius 1 is 1.16 bits per heavy atom. The number of hydrogen-bond acceptors (Lipinski definition) is 5. The van der Waals surface area contributed by atoms with Crippen LogP contribution in [0.3, 0.4) is 0 Å². The van der Waals surface area contributed by atoms with Gasteiger partial charge in [-0.05, 0) is 31.0 Å². The molecular weight excluding hydrogens is 344 g/mol. The fourth-order valence-corrected chi connectivity index (χ4v) is 3.95. The molecule has 0 aromatic heterocycles. The lowest BCUT2D eigenvalue weighted by atomic mass is 10.1. The van der Waals surface area contributed by atoms with Crippen molar-refractivity contribution in [3.63, 3.8) is 0 Å². The third-order valence-electron chi connectivity index (χ3n) is 3.65. The Morgan fingerprint density at radius 2 is 1.80 bits per heavy atom. The van der Waals surface area contributed by atoms with Crippen LogP contribution in [0.5, 0.6) is 0 Å². The quantitative estimate of drug-likeness (QED) is 0.668. The summed E-state index contributed by atoms with van der Waals surface area (Å²) in [5.74, 6) is -1.12. The van der Waals surface area contributed by atoms with Crippen LogP contribution in [0.2, 0.25) is 0 Å². The first-order valence-corrected chi connectivity index (χ1v) is 9.76. The lowest BCUT2D eigenvalue weighted by Gasteiger charge is -2.20. The van der Waals surface area contributed by atoms with Crippen molar-refractivity contribution in [3.8, 4) is 0 Å². The number of esters is 1. The smallest absolute Gasteiger partial charge is 0.338 e. The molecule has 1 N–H and O–H groups in total. The van der Waals surface area contributed by atoms with Crippen molar-refractivity contribution in [1.29, 1.82) is 0 Å². The highest BCUT2D eigenvalue weighted by Gasteiger charge is 2.25. The van der Waals surface area contributed by atoms with Crippen molar-refractivity contribution in [2.75, 3.05) is 26.2 Å². The molecule has 8 heteroatoms. The van der Waals surface area contributed by atoms with Gasteiger partial charge in [-0.1, -0.05) is 26.8 Å². The number of carbonyl (C=O) groups excluding carboxylic acids is 2. The summed E-state index contributed by atoms with van der Waals surface area (Å²) in [5.41, 5.74) is 0.642. The zero-order valence-electron chi connectivity index (χ0n) is 15.2. The summed E-state index contributed by atoms with van der Waals surface area (Å²) in [6, 6.07) is 4.35. The van der Waals surface area contributed by atoms with Crippen molar-refractivity contribution in [1.82, 2.24) is 9.62 Å². The van der Waals surface area contributed by atoms with Gasteiger partial charge in [-0.3, -0.25) is 4.79 Å². The monoisotopic (exact) mass is 370 g/mol. The number of hydrogen-bond donors (Lipinski definition) is 1. The number of carbonyl (C=O) groups is 2. The summed E-state index contributed by atoms with van der Waals surface area (Å²) < 4.78 is 31.6. The minimum atomic E-state index is -3.68. The highest BCUT2D eigenvalue weighted by molar-refractivity contribution is 7.89. The van der Waals surface area contributed by atoms with Crippen LogP contribution in [0.25, 0.3) is 0 Å². The van der Waals surface area contributed by atoms with E-state index in [2.05, 4.69) is 5.32 Å². The highest BCUT2D eigenvalue weighted by atomic mass is 32.2. The van der Waals surface area contributed by atoms with Gasteiger partial charge in [-0.25, -0.2) is 13.2 Å². The first-order chi connectivity index (χ1) is 11.8. The largest absolute Gasteiger partial charge is 0.452 e. The third-order valence-corrected chi connectivity index (χ3v) is 5.85. The molecule has 0 unspecified atom stereocenters. The molecule has 140 valence electrons. The molecule has 1 aromatic carbocycles. The third kappa shape index (κ3) is 5.54. The van der Waals surface area contributed by atoms with Crippen LogP contribution in [0.4, 0.5) is 0 Å². The van der Waals surface area contributed by atoms with Crippen LogP contribution in [-0.2, 0) is 19.6 Å². The number of nitrogens with zero attached hydrogens (tertiary/aromatic N) is 1. The number of sulfonamides is 1. The first kappa shape index (κ1) is 21.1. The molecule has 1 rings (SSSR count). The Bertz CT molecular complexity index is 712. The molecule has 1 amide bonds. The van der Waals surface area contributed by atoms with Gasteiger partial charge in [0.25, 0.3) is 5.91 Å². The molecule has 25 heavy (non-hydrogen) atoms. The molecular formula is C17H26N2O5S. The normalized spacial score (nSPS) is 11.4. The van der Waals surface area contributed by atoms with Gasteiger partial charge in [0.15, 0.2) is 6.61 Å². The average molecular weight is 370 g/mol. The highest BCUT2D eigenvalue weighted by Crippen LogP contribution is 2.21. The molecule has 0 bridgehead atoms. The van der Waals surface area contributed by atoms with Crippen molar-refractivity contribution < 1.29 is 22.7 Å². The maximum absolute atomic E-state index is 12.7. The Balaban J connectivity index is 2.97. The molecule has 1 aromatic rings. The summed E-state index contributed by atoms with van der Waals surface area (Å²) >= 11 is 0. The van der Waals surface area contributed by atoms with Crippen LogP contribution in [-0.4, -0.2) is 50.8 Å². The first-order valence-electron chi connectivity index (χ1n) is 8.32. The van der Waals surface area contributed by atoms with E-state index in [1.165, 1.54) is 16.4 Å². The number of rotatable bonds is 9. The maximum atomic E-state index is 12.7. The second kappa shape index (κ2) is 9.53. The van der Waals surface area contributed by atoms with E-state index in [0.717, 1.165) is 6.42 Å². The van der Waals surface area contributed by atoms with Gasteiger partial charge in [-0.2, -0.15) is 4.31 Å². The Labute approximate surface area is 149 Å². The van der Waals surface area contributed by atoms with Gasteiger partial charge in [0, 0.05) is 19.6 Å². The Morgan fingerprint density at radius 3 is 2.36 bits per heavy atom. The predicted molar refractivity (Wildman–Crippen MR) is 94.9 cm³/mol. The van der Waals surface area contributed by atoms with E-state index in [9.17, 15) is 18.0 Å². The van der Waals surface area contributed by atoms with E-state index in [4.69, 9.17) is 4.74 Å². The zero-order valence-corrected chi connectivity index (χ0v) is 16.0. The molecule has 0 aliphatic heterocycles. The fourth-order valence-electron chi connectivity index (χ4n) is 2.24. The zero-order chi connectivity index (χ0) is 19.0. The number of ether oxygens (including phenoxy) is 1. The second-order valence-electron chi connectivity index (χ2n) is 5.50. The van der Waals surface area contributed by atoms with E-state index in [1.807, 2.05) is 6.92 Å². The number of nitrogens with one attached hydrogen (secondary N) is 1. The van der Waals surface area contributed by atoms with E-state index < -0.39 is 28.5 Å². The van der Waals surface area contributed by atoms with Crippen molar-refractivity contribution in [2.24, 2.45) is 0 Å². The molecule has 7 nitrogen and oxygen atoms in total. The second-order valence-corrected chi connectivity index (χ2v) is 7.40. The molecule has 0 saturated heterocycles. The molecule has 0 aliphatic rings. The van der Waals surface area contributed by atoms with Gasteiger partial charge in [0.05, 0.1) is 10.5 Å². The van der Waals surface area contributed by atoms with Crippen LogP contribution >= 0.6 is 0 Å². The molecule has 0 spiro atoms. The van der Waals surface area contributed by atoms with E-state index in [1.54, 1.807) is 26.8 Å². The maximum Gasteiger partial charge on any atom is 0.338 e. The van der Waals surface area contributed by atoms with Gasteiger partial charge >= 0.3 is 5.97 Å². The summed E-state index contributed by atoms with van der Waals surface area (Å²) in [6.07, 6.45) is 0.782. The molecule has 0 radical (unpaired) electrons. The average Bonchev–Trinajstić information content (AvgIpc) is 2.58. The van der Waals surface area contributed by atoms with E-state index in [0.29, 0.717) is 25.2 Å². The number of benzene rings is 1. The van der Waals surface area contributed by atoms with Gasteiger partial charge in [0.1, 0.15) is 0 Å². The number of amides is 1. The minimum Gasteiger partial charge on any atom is -0.452 e. The molecule has 0 saturated carbocycles. The minimum absolute atomic E-state index is 0.0704. The fraction of sp³-hybridized carbons (Fsp3) is 0.529. The van der Waals surface area contributed by atoms with Crippen LogP contribution in [0.15, 0.2) is 23.1 Å².